The van der Waals surface area contributed by atoms with Crippen molar-refractivity contribution in [2.24, 2.45) is 18.7 Å². The Balaban J connectivity index is 0.00000220. The smallest absolute Gasteiger partial charge is 0.227 e. The Morgan fingerprint density at radius 2 is 1.91 bits per heavy atom. The van der Waals surface area contributed by atoms with Gasteiger partial charge in [-0.15, -0.1) is 24.8 Å². The number of aromatic nitrogens is 2. The van der Waals surface area contributed by atoms with Crippen molar-refractivity contribution >= 4 is 30.7 Å². The van der Waals surface area contributed by atoms with E-state index in [1.165, 1.54) is 5.56 Å². The molecule has 0 radical (unpaired) electrons. The van der Waals surface area contributed by atoms with Gasteiger partial charge in [0.2, 0.25) is 5.91 Å². The Kier molecular flexibility index (Phi) is 7.89. The topological polar surface area (TPSA) is 64.2 Å². The first-order valence-electron chi connectivity index (χ1n) is 7.40. The SMILES string of the molecule is Cc1nn(C)c(C)c1C1CCCN1C(=O)C(C)C(C)N.Cl.Cl. The number of hydrogen-bond donors (Lipinski definition) is 1. The fourth-order valence-corrected chi connectivity index (χ4v) is 3.09. The van der Waals surface area contributed by atoms with Gasteiger partial charge in [0.1, 0.15) is 0 Å². The summed E-state index contributed by atoms with van der Waals surface area (Å²) in [7, 11) is 1.96. The largest absolute Gasteiger partial charge is 0.335 e. The lowest BCUT2D eigenvalue weighted by molar-refractivity contribution is -0.136. The Hall–Kier alpha value is -0.780. The number of carbonyl (C=O) groups excluding carboxylic acids is 1. The van der Waals surface area contributed by atoms with Crippen molar-refractivity contribution in [2.75, 3.05) is 6.54 Å². The number of halogens is 2. The molecule has 1 aromatic rings. The van der Waals surface area contributed by atoms with Crippen molar-refractivity contribution < 1.29 is 4.79 Å². The van der Waals surface area contributed by atoms with Crippen LogP contribution in [0.1, 0.15) is 49.7 Å². The van der Waals surface area contributed by atoms with Gasteiger partial charge >= 0.3 is 0 Å². The van der Waals surface area contributed by atoms with Crippen molar-refractivity contribution in [1.29, 1.82) is 0 Å². The van der Waals surface area contributed by atoms with Gasteiger partial charge in [-0.1, -0.05) is 6.92 Å². The molecule has 0 aromatic carbocycles. The van der Waals surface area contributed by atoms with Crippen molar-refractivity contribution in [3.8, 4) is 0 Å². The van der Waals surface area contributed by atoms with E-state index in [0.717, 1.165) is 30.8 Å². The summed E-state index contributed by atoms with van der Waals surface area (Å²) in [5.74, 6) is 0.0398. The predicted molar refractivity (Wildman–Crippen MR) is 93.7 cm³/mol. The highest BCUT2D eigenvalue weighted by Gasteiger charge is 2.35. The lowest BCUT2D eigenvalue weighted by Crippen LogP contribution is -2.41. The highest BCUT2D eigenvalue weighted by atomic mass is 35.5. The summed E-state index contributed by atoms with van der Waals surface area (Å²) >= 11 is 0. The Bertz CT molecular complexity index is 516. The molecule has 2 heterocycles. The maximum Gasteiger partial charge on any atom is 0.227 e. The molecule has 1 saturated heterocycles. The molecule has 3 atom stereocenters. The van der Waals surface area contributed by atoms with E-state index < -0.39 is 0 Å². The number of nitrogens with two attached hydrogens (primary N) is 1. The zero-order valence-corrected chi connectivity index (χ0v) is 15.6. The van der Waals surface area contributed by atoms with Crippen molar-refractivity contribution in [3.63, 3.8) is 0 Å². The van der Waals surface area contributed by atoms with Gasteiger partial charge in [0.05, 0.1) is 17.7 Å². The minimum absolute atomic E-state index is 0. The van der Waals surface area contributed by atoms with Gasteiger partial charge in [0, 0.05) is 30.9 Å². The van der Waals surface area contributed by atoms with Crippen LogP contribution < -0.4 is 5.73 Å². The maximum atomic E-state index is 12.6. The highest BCUT2D eigenvalue weighted by Crippen LogP contribution is 2.36. The van der Waals surface area contributed by atoms with Gasteiger partial charge < -0.3 is 10.6 Å². The second kappa shape index (κ2) is 8.18. The average Bonchev–Trinajstić information content (AvgIpc) is 2.93. The number of aryl methyl sites for hydroxylation is 2. The molecular formula is C15H28Cl2N4O. The molecule has 1 aliphatic heterocycles. The van der Waals surface area contributed by atoms with Crippen LogP contribution in [0.3, 0.4) is 0 Å². The molecule has 2 rings (SSSR count). The minimum atomic E-state index is -0.132. The van der Waals surface area contributed by atoms with E-state index in [9.17, 15) is 4.79 Å². The third-order valence-electron chi connectivity index (χ3n) is 4.61. The van der Waals surface area contributed by atoms with Crippen LogP contribution in [0.25, 0.3) is 0 Å². The monoisotopic (exact) mass is 350 g/mol. The maximum absolute atomic E-state index is 12.6. The number of rotatable bonds is 3. The summed E-state index contributed by atoms with van der Waals surface area (Å²) in [5, 5.41) is 4.48. The van der Waals surface area contributed by atoms with Gasteiger partial charge in [0.25, 0.3) is 0 Å². The predicted octanol–water partition coefficient (Wildman–Crippen LogP) is 2.53. The first-order valence-corrected chi connectivity index (χ1v) is 7.40. The zero-order valence-electron chi connectivity index (χ0n) is 14.0. The minimum Gasteiger partial charge on any atom is -0.335 e. The molecule has 0 bridgehead atoms. The number of nitrogens with zero attached hydrogens (tertiary/aromatic N) is 3. The average molecular weight is 351 g/mol. The number of carbonyl (C=O) groups is 1. The van der Waals surface area contributed by atoms with Crippen LogP contribution in [0.4, 0.5) is 0 Å². The van der Waals surface area contributed by atoms with Crippen LogP contribution in [0.5, 0.6) is 0 Å². The molecular weight excluding hydrogens is 323 g/mol. The number of likely N-dealkylation sites (tertiary alicyclic amines) is 1. The van der Waals surface area contributed by atoms with E-state index in [1.54, 1.807) is 0 Å². The molecule has 22 heavy (non-hydrogen) atoms. The fourth-order valence-electron chi connectivity index (χ4n) is 3.09. The third kappa shape index (κ3) is 3.76. The zero-order chi connectivity index (χ0) is 15.0. The van der Waals surface area contributed by atoms with Crippen molar-refractivity contribution in [1.82, 2.24) is 14.7 Å². The Morgan fingerprint density at radius 3 is 2.36 bits per heavy atom. The van der Waals surface area contributed by atoms with Gasteiger partial charge in [-0.25, -0.2) is 0 Å². The molecule has 0 aliphatic carbocycles. The van der Waals surface area contributed by atoms with Crippen molar-refractivity contribution in [3.05, 3.63) is 17.0 Å². The summed E-state index contributed by atoms with van der Waals surface area (Å²) in [4.78, 5) is 14.6. The molecule has 3 unspecified atom stereocenters. The highest BCUT2D eigenvalue weighted by molar-refractivity contribution is 5.85. The van der Waals surface area contributed by atoms with E-state index >= 15 is 0 Å². The van der Waals surface area contributed by atoms with E-state index in [-0.39, 0.29) is 48.7 Å². The van der Waals surface area contributed by atoms with Gasteiger partial charge in [-0.05, 0) is 33.6 Å². The van der Waals surface area contributed by atoms with E-state index in [4.69, 9.17) is 5.73 Å². The van der Waals surface area contributed by atoms with Crippen LogP contribution >= 0.6 is 24.8 Å². The van der Waals surface area contributed by atoms with E-state index in [1.807, 2.05) is 37.4 Å². The summed E-state index contributed by atoms with van der Waals surface area (Å²) in [6.07, 6.45) is 2.07. The van der Waals surface area contributed by atoms with Gasteiger partial charge in [-0.2, -0.15) is 5.10 Å². The molecule has 0 saturated carbocycles. The summed E-state index contributed by atoms with van der Waals surface area (Å²) in [5.41, 5.74) is 9.29. The molecule has 7 heteroatoms. The van der Waals surface area contributed by atoms with Gasteiger partial charge in [0.15, 0.2) is 0 Å². The number of hydrogen-bond acceptors (Lipinski definition) is 3. The van der Waals surface area contributed by atoms with Crippen LogP contribution in [0.15, 0.2) is 0 Å². The molecule has 1 amide bonds. The lowest BCUT2D eigenvalue weighted by Gasteiger charge is -2.29. The quantitative estimate of drug-likeness (QED) is 0.910. The lowest BCUT2D eigenvalue weighted by atomic mass is 9.99. The van der Waals surface area contributed by atoms with Crippen LogP contribution in [-0.2, 0) is 11.8 Å². The van der Waals surface area contributed by atoms with E-state index in [2.05, 4.69) is 12.0 Å². The molecule has 128 valence electrons. The standard InChI is InChI=1S/C15H26N4O.2ClH/c1-9(10(2)16)15(20)19-8-6-7-13(19)14-11(3)17-18(5)12(14)4;;/h9-10,13H,6-8,16H2,1-5H3;2*1H. The van der Waals surface area contributed by atoms with Crippen LogP contribution in [0, 0.1) is 19.8 Å². The molecule has 1 fully saturated rings. The van der Waals surface area contributed by atoms with Crippen LogP contribution in [0.2, 0.25) is 0 Å². The summed E-state index contributed by atoms with van der Waals surface area (Å²) in [6.45, 7) is 8.75. The first kappa shape index (κ1) is 21.2. The summed E-state index contributed by atoms with van der Waals surface area (Å²) < 4.78 is 1.90. The second-order valence-corrected chi connectivity index (χ2v) is 6.05. The second-order valence-electron chi connectivity index (χ2n) is 6.05. The molecule has 1 aromatic heterocycles. The first-order chi connectivity index (χ1) is 9.34. The fraction of sp³-hybridized carbons (Fsp3) is 0.733. The van der Waals surface area contributed by atoms with Crippen molar-refractivity contribution in [2.45, 2.75) is 52.6 Å². The third-order valence-corrected chi connectivity index (χ3v) is 4.61. The molecule has 1 aliphatic rings. The molecule has 0 spiro atoms. The molecule has 2 N–H and O–H groups in total. The van der Waals surface area contributed by atoms with Gasteiger partial charge in [-0.3, -0.25) is 9.48 Å². The Morgan fingerprint density at radius 1 is 1.32 bits per heavy atom. The normalized spacial score (nSPS) is 20.1. The molecule has 5 nitrogen and oxygen atoms in total. The number of amides is 1. The summed E-state index contributed by atoms with van der Waals surface area (Å²) in [6, 6.07) is 0.0530. The Labute approximate surface area is 145 Å². The van der Waals surface area contributed by atoms with E-state index in [0.29, 0.717) is 0 Å². The van der Waals surface area contributed by atoms with Crippen LogP contribution in [-0.4, -0.2) is 33.2 Å².